The summed E-state index contributed by atoms with van der Waals surface area (Å²) in [6.07, 6.45) is 3.94. The van der Waals surface area contributed by atoms with Gasteiger partial charge in [-0.15, -0.1) is 0 Å². The summed E-state index contributed by atoms with van der Waals surface area (Å²) < 4.78 is 0. The molecule has 1 saturated heterocycles. The first-order valence-electron chi connectivity index (χ1n) is 5.58. The number of nitrogens with zero attached hydrogens (tertiary/aromatic N) is 3. The fraction of sp³-hybridized carbons (Fsp3) is 0.636. The second-order valence-electron chi connectivity index (χ2n) is 4.24. The molecule has 1 N–H and O–H groups in total. The van der Waals surface area contributed by atoms with Crippen LogP contribution in [0.15, 0.2) is 12.3 Å². The van der Waals surface area contributed by atoms with Gasteiger partial charge in [0, 0.05) is 25.9 Å². The Kier molecular flexibility index (Phi) is 4.09. The van der Waals surface area contributed by atoms with E-state index < -0.39 is 0 Å². The molecule has 88 valence electrons. The molecule has 1 aliphatic heterocycles. The van der Waals surface area contributed by atoms with E-state index in [1.807, 2.05) is 6.07 Å². The number of halogens is 1. The Labute approximate surface area is 100 Å². The van der Waals surface area contributed by atoms with Crippen molar-refractivity contribution >= 4 is 11.6 Å². The zero-order valence-electron chi connectivity index (χ0n) is 9.14. The van der Waals surface area contributed by atoms with Crippen LogP contribution in [-0.2, 0) is 6.54 Å². The monoisotopic (exact) mass is 241 g/mol. The van der Waals surface area contributed by atoms with Crippen LogP contribution in [0.1, 0.15) is 18.5 Å². The Morgan fingerprint density at radius 3 is 3.19 bits per heavy atom. The summed E-state index contributed by atoms with van der Waals surface area (Å²) in [5.74, 6) is 0.408. The second-order valence-corrected chi connectivity index (χ2v) is 4.58. The maximum absolute atomic E-state index is 9.15. The van der Waals surface area contributed by atoms with E-state index in [4.69, 9.17) is 16.7 Å². The summed E-state index contributed by atoms with van der Waals surface area (Å²) >= 11 is 5.74. The number of piperidine rings is 1. The first-order chi connectivity index (χ1) is 7.78. The molecule has 1 aromatic rings. The molecule has 0 unspecified atom stereocenters. The SMILES string of the molecule is OC[C@H]1CCCN(Cc2ccnc(Cl)n2)C1. The van der Waals surface area contributed by atoms with Crippen LogP contribution in [0.25, 0.3) is 0 Å². The molecule has 4 nitrogen and oxygen atoms in total. The summed E-state index contributed by atoms with van der Waals surface area (Å²) in [6.45, 7) is 3.08. The van der Waals surface area contributed by atoms with Gasteiger partial charge in [-0.3, -0.25) is 4.90 Å². The van der Waals surface area contributed by atoms with E-state index in [2.05, 4.69) is 14.9 Å². The molecule has 2 rings (SSSR count). The highest BCUT2D eigenvalue weighted by molar-refractivity contribution is 6.28. The van der Waals surface area contributed by atoms with Crippen molar-refractivity contribution in [3.8, 4) is 0 Å². The topological polar surface area (TPSA) is 49.2 Å². The zero-order chi connectivity index (χ0) is 11.4. The van der Waals surface area contributed by atoms with E-state index in [0.717, 1.165) is 38.2 Å². The molecule has 0 saturated carbocycles. The van der Waals surface area contributed by atoms with Gasteiger partial charge in [0.05, 0.1) is 5.69 Å². The van der Waals surface area contributed by atoms with Crippen molar-refractivity contribution in [2.24, 2.45) is 5.92 Å². The van der Waals surface area contributed by atoms with Crippen LogP contribution in [0.3, 0.4) is 0 Å². The molecule has 0 spiro atoms. The standard InChI is InChI=1S/C11H16ClN3O/c12-11-13-4-3-10(14-11)7-15-5-1-2-9(6-15)8-16/h3-4,9,16H,1-2,5-8H2/t9-/m0/s1. The largest absolute Gasteiger partial charge is 0.396 e. The van der Waals surface area contributed by atoms with Crippen LogP contribution in [-0.4, -0.2) is 39.7 Å². The minimum atomic E-state index is 0.279. The number of aliphatic hydroxyl groups excluding tert-OH is 1. The van der Waals surface area contributed by atoms with Gasteiger partial charge in [0.25, 0.3) is 0 Å². The Hall–Kier alpha value is -0.710. The van der Waals surface area contributed by atoms with Crippen LogP contribution in [0.4, 0.5) is 0 Å². The van der Waals surface area contributed by atoms with Gasteiger partial charge in [0.2, 0.25) is 5.28 Å². The van der Waals surface area contributed by atoms with E-state index in [-0.39, 0.29) is 6.61 Å². The molecular weight excluding hydrogens is 226 g/mol. The van der Waals surface area contributed by atoms with Gasteiger partial charge >= 0.3 is 0 Å². The first kappa shape index (κ1) is 11.8. The van der Waals surface area contributed by atoms with Crippen molar-refractivity contribution in [2.75, 3.05) is 19.7 Å². The van der Waals surface area contributed by atoms with E-state index >= 15 is 0 Å². The normalized spacial score (nSPS) is 22.2. The van der Waals surface area contributed by atoms with Gasteiger partial charge in [-0.1, -0.05) is 0 Å². The average Bonchev–Trinajstić information content (AvgIpc) is 2.29. The van der Waals surface area contributed by atoms with Gasteiger partial charge in [0.1, 0.15) is 0 Å². The smallest absolute Gasteiger partial charge is 0.222 e. The van der Waals surface area contributed by atoms with Crippen molar-refractivity contribution in [1.29, 1.82) is 0 Å². The lowest BCUT2D eigenvalue weighted by Crippen LogP contribution is -2.36. The van der Waals surface area contributed by atoms with Crippen LogP contribution in [0.5, 0.6) is 0 Å². The minimum absolute atomic E-state index is 0.279. The van der Waals surface area contributed by atoms with Crippen molar-refractivity contribution in [2.45, 2.75) is 19.4 Å². The van der Waals surface area contributed by atoms with E-state index in [1.165, 1.54) is 0 Å². The Balaban J connectivity index is 1.94. The zero-order valence-corrected chi connectivity index (χ0v) is 9.90. The molecule has 1 aliphatic rings. The van der Waals surface area contributed by atoms with Crippen molar-refractivity contribution in [3.63, 3.8) is 0 Å². The van der Waals surface area contributed by atoms with Crippen molar-refractivity contribution in [3.05, 3.63) is 23.2 Å². The fourth-order valence-corrected chi connectivity index (χ4v) is 2.30. The Morgan fingerprint density at radius 2 is 2.44 bits per heavy atom. The molecule has 0 aromatic carbocycles. The summed E-state index contributed by atoms with van der Waals surface area (Å²) in [5.41, 5.74) is 0.943. The molecule has 1 atom stereocenters. The Morgan fingerprint density at radius 1 is 1.56 bits per heavy atom. The van der Waals surface area contributed by atoms with Crippen LogP contribution in [0, 0.1) is 5.92 Å². The molecule has 1 fully saturated rings. The first-order valence-corrected chi connectivity index (χ1v) is 5.96. The van der Waals surface area contributed by atoms with E-state index in [9.17, 15) is 0 Å². The summed E-state index contributed by atoms with van der Waals surface area (Å²) in [6, 6.07) is 1.88. The molecule has 0 bridgehead atoms. The lowest BCUT2D eigenvalue weighted by molar-refractivity contribution is 0.115. The quantitative estimate of drug-likeness (QED) is 0.812. The highest BCUT2D eigenvalue weighted by atomic mass is 35.5. The Bertz CT molecular complexity index is 348. The third-order valence-corrected chi connectivity index (χ3v) is 3.11. The molecule has 5 heteroatoms. The summed E-state index contributed by atoms with van der Waals surface area (Å²) in [7, 11) is 0. The lowest BCUT2D eigenvalue weighted by atomic mass is 9.99. The molecular formula is C11H16ClN3O. The van der Waals surface area contributed by atoms with Crippen molar-refractivity contribution in [1.82, 2.24) is 14.9 Å². The van der Waals surface area contributed by atoms with Gasteiger partial charge in [-0.2, -0.15) is 0 Å². The molecule has 0 amide bonds. The third kappa shape index (κ3) is 3.14. The fourth-order valence-electron chi connectivity index (χ4n) is 2.13. The van der Waals surface area contributed by atoms with Gasteiger partial charge < -0.3 is 5.11 Å². The number of rotatable bonds is 3. The van der Waals surface area contributed by atoms with Gasteiger partial charge in [0.15, 0.2) is 0 Å². The van der Waals surface area contributed by atoms with Crippen LogP contribution < -0.4 is 0 Å². The third-order valence-electron chi connectivity index (χ3n) is 2.93. The average molecular weight is 242 g/mol. The maximum atomic E-state index is 9.15. The highest BCUT2D eigenvalue weighted by Crippen LogP contribution is 2.17. The van der Waals surface area contributed by atoms with Crippen LogP contribution >= 0.6 is 11.6 Å². The maximum Gasteiger partial charge on any atom is 0.222 e. The van der Waals surface area contributed by atoms with Crippen LogP contribution in [0.2, 0.25) is 5.28 Å². The van der Waals surface area contributed by atoms with Gasteiger partial charge in [-0.25, -0.2) is 9.97 Å². The number of likely N-dealkylation sites (tertiary alicyclic amines) is 1. The second kappa shape index (κ2) is 5.57. The molecule has 0 aliphatic carbocycles. The number of hydrogen-bond acceptors (Lipinski definition) is 4. The lowest BCUT2D eigenvalue weighted by Gasteiger charge is -2.31. The predicted molar refractivity (Wildman–Crippen MR) is 62.1 cm³/mol. The highest BCUT2D eigenvalue weighted by Gasteiger charge is 2.19. The number of hydrogen-bond donors (Lipinski definition) is 1. The van der Waals surface area contributed by atoms with E-state index in [0.29, 0.717) is 11.2 Å². The van der Waals surface area contributed by atoms with E-state index in [1.54, 1.807) is 6.20 Å². The minimum Gasteiger partial charge on any atom is -0.396 e. The van der Waals surface area contributed by atoms with Crippen molar-refractivity contribution < 1.29 is 5.11 Å². The molecule has 2 heterocycles. The molecule has 1 aromatic heterocycles. The predicted octanol–water partition coefficient (Wildman–Crippen LogP) is 1.33. The summed E-state index contributed by atoms with van der Waals surface area (Å²) in [5, 5.41) is 9.44. The summed E-state index contributed by atoms with van der Waals surface area (Å²) in [4.78, 5) is 10.3. The molecule has 16 heavy (non-hydrogen) atoms. The number of aliphatic hydroxyl groups is 1. The van der Waals surface area contributed by atoms with Gasteiger partial charge in [-0.05, 0) is 43.0 Å². The molecule has 0 radical (unpaired) electrons. The number of aromatic nitrogens is 2.